The number of rotatable bonds is 7. The van der Waals surface area contributed by atoms with Crippen LogP contribution in [0, 0.1) is 0 Å². The number of halogens is 1. The van der Waals surface area contributed by atoms with Gasteiger partial charge in [0, 0.05) is 25.1 Å². The molecule has 0 saturated carbocycles. The first kappa shape index (κ1) is 20.2. The molecule has 148 valence electrons. The first-order valence-electron chi connectivity index (χ1n) is 8.65. The molecule has 0 atom stereocenters. The monoisotopic (exact) mass is 409 g/mol. The highest BCUT2D eigenvalue weighted by molar-refractivity contribution is 6.34. The van der Waals surface area contributed by atoms with Crippen molar-refractivity contribution < 1.29 is 9.53 Å². The molecule has 0 aliphatic heterocycles. The van der Waals surface area contributed by atoms with Gasteiger partial charge in [-0.2, -0.15) is 0 Å². The summed E-state index contributed by atoms with van der Waals surface area (Å²) < 4.78 is 6.90. The number of benzene rings is 1. The van der Waals surface area contributed by atoms with E-state index in [1.807, 2.05) is 4.40 Å². The van der Waals surface area contributed by atoms with Crippen LogP contribution in [0.25, 0.3) is 11.2 Å². The third-order valence-electron chi connectivity index (χ3n) is 4.19. The normalized spacial score (nSPS) is 10.9. The van der Waals surface area contributed by atoms with Gasteiger partial charge in [-0.05, 0) is 35.9 Å². The van der Waals surface area contributed by atoms with Crippen LogP contribution in [-0.2, 0) is 4.74 Å². The van der Waals surface area contributed by atoms with Gasteiger partial charge in [0.25, 0.3) is 5.91 Å². The van der Waals surface area contributed by atoms with Gasteiger partial charge in [0.2, 0.25) is 0 Å². The van der Waals surface area contributed by atoms with Crippen molar-refractivity contribution in [2.45, 2.75) is 0 Å². The van der Waals surface area contributed by atoms with Crippen LogP contribution in [0.5, 0.6) is 0 Å². The zero-order valence-corrected chi connectivity index (χ0v) is 16.8. The topological polar surface area (TPSA) is 80.5 Å². The molecule has 2 aromatic heterocycles. The third kappa shape index (κ3) is 4.30. The molecular formula is C21H20ClN5O2. The predicted octanol–water partition coefficient (Wildman–Crippen LogP) is 4.22. The van der Waals surface area contributed by atoms with E-state index in [0.29, 0.717) is 33.5 Å². The largest absolute Gasteiger partial charge is 0.497 e. The summed E-state index contributed by atoms with van der Waals surface area (Å²) >= 11 is 6.12. The van der Waals surface area contributed by atoms with E-state index in [1.54, 1.807) is 63.1 Å². The van der Waals surface area contributed by atoms with E-state index in [0.717, 1.165) is 11.3 Å². The Morgan fingerprint density at radius 1 is 1.28 bits per heavy atom. The number of hydrogen-bond acceptors (Lipinski definition) is 5. The number of aromatic nitrogens is 3. The minimum Gasteiger partial charge on any atom is -0.497 e. The summed E-state index contributed by atoms with van der Waals surface area (Å²) in [6.45, 7) is 7.82. The van der Waals surface area contributed by atoms with Crippen LogP contribution in [-0.4, -0.2) is 34.4 Å². The number of amides is 1. The smallest absolute Gasteiger partial charge is 0.252 e. The van der Waals surface area contributed by atoms with Gasteiger partial charge in [0.1, 0.15) is 5.76 Å². The fourth-order valence-electron chi connectivity index (χ4n) is 2.64. The number of methoxy groups -OCH3 is 1. The number of nitrogens with one attached hydrogen (secondary N) is 2. The number of fused-ring (bicyclic) bond motifs is 1. The zero-order valence-electron chi connectivity index (χ0n) is 16.1. The molecule has 3 aromatic rings. The van der Waals surface area contributed by atoms with Gasteiger partial charge in [-0.25, -0.2) is 9.97 Å². The van der Waals surface area contributed by atoms with Gasteiger partial charge in [-0.1, -0.05) is 24.8 Å². The van der Waals surface area contributed by atoms with E-state index in [1.165, 1.54) is 0 Å². The molecule has 0 spiro atoms. The number of allylic oxidation sites excluding steroid dienone is 3. The Balaban J connectivity index is 1.94. The summed E-state index contributed by atoms with van der Waals surface area (Å²) in [5.74, 6) is 0.786. The summed E-state index contributed by atoms with van der Waals surface area (Å²) in [4.78, 5) is 20.8. The van der Waals surface area contributed by atoms with E-state index in [-0.39, 0.29) is 5.91 Å². The van der Waals surface area contributed by atoms with Gasteiger partial charge < -0.3 is 15.4 Å². The van der Waals surface area contributed by atoms with Gasteiger partial charge in [0.05, 0.1) is 29.6 Å². The first-order valence-corrected chi connectivity index (χ1v) is 9.03. The van der Waals surface area contributed by atoms with Crippen molar-refractivity contribution in [3.8, 4) is 0 Å². The molecule has 0 aliphatic carbocycles. The lowest BCUT2D eigenvalue weighted by Crippen LogP contribution is -2.18. The minimum atomic E-state index is -0.270. The summed E-state index contributed by atoms with van der Waals surface area (Å²) in [6, 6.07) is 5.08. The van der Waals surface area contributed by atoms with Crippen LogP contribution >= 0.6 is 11.6 Å². The number of carbonyl (C=O) groups is 1. The van der Waals surface area contributed by atoms with Gasteiger partial charge in [-0.15, -0.1) is 0 Å². The minimum absolute atomic E-state index is 0.270. The van der Waals surface area contributed by atoms with E-state index < -0.39 is 0 Å². The van der Waals surface area contributed by atoms with E-state index in [9.17, 15) is 4.79 Å². The maximum Gasteiger partial charge on any atom is 0.252 e. The summed E-state index contributed by atoms with van der Waals surface area (Å²) in [5.41, 5.74) is 3.17. The average Bonchev–Trinajstić information content (AvgIpc) is 3.17. The Kier molecular flexibility index (Phi) is 5.99. The predicted molar refractivity (Wildman–Crippen MR) is 115 cm³/mol. The molecule has 8 heteroatoms. The number of anilines is 2. The van der Waals surface area contributed by atoms with Crippen molar-refractivity contribution in [3.63, 3.8) is 0 Å². The van der Waals surface area contributed by atoms with Crippen LogP contribution in [0.15, 0.2) is 67.9 Å². The Labute approximate surface area is 173 Å². The Morgan fingerprint density at radius 2 is 2.07 bits per heavy atom. The van der Waals surface area contributed by atoms with Crippen LogP contribution < -0.4 is 10.6 Å². The van der Waals surface area contributed by atoms with E-state index in [2.05, 4.69) is 33.8 Å². The molecule has 1 amide bonds. The molecule has 0 bridgehead atoms. The summed E-state index contributed by atoms with van der Waals surface area (Å²) in [5, 5.41) is 6.12. The van der Waals surface area contributed by atoms with Gasteiger partial charge in [0.15, 0.2) is 11.5 Å². The molecule has 0 saturated heterocycles. The third-order valence-corrected chi connectivity index (χ3v) is 4.52. The van der Waals surface area contributed by atoms with Crippen molar-refractivity contribution in [2.75, 3.05) is 19.5 Å². The molecule has 2 heterocycles. The van der Waals surface area contributed by atoms with Crippen molar-refractivity contribution in [1.82, 2.24) is 19.7 Å². The average molecular weight is 410 g/mol. The molecule has 0 fully saturated rings. The van der Waals surface area contributed by atoms with Crippen molar-refractivity contribution in [2.24, 2.45) is 0 Å². The first-order chi connectivity index (χ1) is 13.9. The van der Waals surface area contributed by atoms with Crippen molar-refractivity contribution >= 4 is 40.2 Å². The Hall–Kier alpha value is -3.58. The van der Waals surface area contributed by atoms with E-state index in [4.69, 9.17) is 16.3 Å². The maximum absolute atomic E-state index is 12.0. The lowest BCUT2D eigenvalue weighted by molar-refractivity contribution is 0.0963. The maximum atomic E-state index is 12.0. The molecule has 1 aromatic carbocycles. The second-order valence-electron chi connectivity index (χ2n) is 6.04. The molecule has 3 rings (SSSR count). The lowest BCUT2D eigenvalue weighted by Gasteiger charge is -2.10. The van der Waals surface area contributed by atoms with Crippen LogP contribution in [0.1, 0.15) is 16.1 Å². The van der Waals surface area contributed by atoms with Crippen molar-refractivity contribution in [3.05, 3.63) is 84.1 Å². The second kappa shape index (κ2) is 8.62. The molecule has 0 unspecified atom stereocenters. The summed E-state index contributed by atoms with van der Waals surface area (Å²) in [6.07, 6.45) is 8.70. The quantitative estimate of drug-likeness (QED) is 0.451. The molecular weight excluding hydrogens is 390 g/mol. The number of carbonyl (C=O) groups excluding carboxylic acids is 1. The molecule has 0 radical (unpaired) electrons. The number of ether oxygens (including phenoxy) is 1. The van der Waals surface area contributed by atoms with Crippen LogP contribution in [0.4, 0.5) is 11.5 Å². The van der Waals surface area contributed by atoms with Crippen molar-refractivity contribution in [1.29, 1.82) is 0 Å². The Morgan fingerprint density at radius 3 is 2.79 bits per heavy atom. The van der Waals surface area contributed by atoms with Gasteiger partial charge >= 0.3 is 0 Å². The summed E-state index contributed by atoms with van der Waals surface area (Å²) in [7, 11) is 3.11. The van der Waals surface area contributed by atoms with E-state index >= 15 is 0 Å². The van der Waals surface area contributed by atoms with Gasteiger partial charge in [-0.3, -0.25) is 9.20 Å². The SMILES string of the molecule is C=C(/C=C\C(=C)c1cnc2c(Nc3ccc(Cl)c(C(=O)NC)c3)nccn12)OC. The Bertz CT molecular complexity index is 1130. The number of imidazole rings is 1. The highest BCUT2D eigenvalue weighted by Crippen LogP contribution is 2.26. The lowest BCUT2D eigenvalue weighted by atomic mass is 10.2. The highest BCUT2D eigenvalue weighted by atomic mass is 35.5. The molecule has 7 nitrogen and oxygen atoms in total. The fourth-order valence-corrected chi connectivity index (χ4v) is 2.84. The molecule has 2 N–H and O–H groups in total. The highest BCUT2D eigenvalue weighted by Gasteiger charge is 2.13. The fraction of sp³-hybridized carbons (Fsp3) is 0.0952. The number of nitrogens with zero attached hydrogens (tertiary/aromatic N) is 3. The van der Waals surface area contributed by atoms with Crippen LogP contribution in [0.2, 0.25) is 5.02 Å². The second-order valence-corrected chi connectivity index (χ2v) is 6.45. The molecule has 0 aliphatic rings. The molecule has 29 heavy (non-hydrogen) atoms. The number of hydrogen-bond donors (Lipinski definition) is 2. The van der Waals surface area contributed by atoms with Crippen LogP contribution in [0.3, 0.4) is 0 Å². The standard InChI is InChI=1S/C21H20ClN5O2/c1-13(5-6-14(2)29-4)18-12-25-20-19(24-9-10-27(18)20)26-15-7-8-17(22)16(11-15)21(28)23-3/h5-12H,1-2H2,3-4H3,(H,23,28)(H,24,26)/b6-5-. The zero-order chi connectivity index (χ0) is 21.0.